The first kappa shape index (κ1) is 11.4. The molecule has 6 nitrogen and oxygen atoms in total. The predicted octanol–water partition coefficient (Wildman–Crippen LogP) is 1.51. The molecule has 2 N–H and O–H groups in total. The van der Waals surface area contributed by atoms with E-state index in [1.807, 2.05) is 32.0 Å². The van der Waals surface area contributed by atoms with Crippen molar-refractivity contribution in [3.8, 4) is 0 Å². The summed E-state index contributed by atoms with van der Waals surface area (Å²) in [6.07, 6.45) is 1.80. The molecule has 0 spiro atoms. The van der Waals surface area contributed by atoms with Crippen LogP contribution in [-0.2, 0) is 0 Å². The summed E-state index contributed by atoms with van der Waals surface area (Å²) in [7, 11) is 0. The van der Waals surface area contributed by atoms with Crippen LogP contribution in [0.2, 0.25) is 0 Å². The minimum Gasteiger partial charge on any atom is -0.338 e. The van der Waals surface area contributed by atoms with Crippen LogP contribution in [0.1, 0.15) is 13.8 Å². The minimum absolute atomic E-state index is 0.267. The second kappa shape index (κ2) is 4.82. The fourth-order valence-electron chi connectivity index (χ4n) is 1.37. The highest BCUT2D eigenvalue weighted by molar-refractivity contribution is 5.87. The van der Waals surface area contributed by atoms with Gasteiger partial charge in [0, 0.05) is 12.7 Å². The number of amides is 2. The number of fused-ring (bicyclic) bond motifs is 1. The van der Waals surface area contributed by atoms with E-state index < -0.39 is 0 Å². The number of urea groups is 1. The van der Waals surface area contributed by atoms with Crippen LogP contribution in [0, 0.1) is 5.92 Å². The van der Waals surface area contributed by atoms with Gasteiger partial charge < -0.3 is 5.32 Å². The molecule has 0 unspecified atom stereocenters. The van der Waals surface area contributed by atoms with E-state index >= 15 is 0 Å². The molecule has 2 rings (SSSR count). The quantitative estimate of drug-likeness (QED) is 0.844. The molecule has 2 heterocycles. The van der Waals surface area contributed by atoms with Gasteiger partial charge in [-0.25, -0.2) is 4.79 Å². The van der Waals surface area contributed by atoms with Crippen LogP contribution >= 0.6 is 0 Å². The van der Waals surface area contributed by atoms with Gasteiger partial charge in [0.15, 0.2) is 5.65 Å². The van der Waals surface area contributed by atoms with E-state index in [1.165, 1.54) is 0 Å². The van der Waals surface area contributed by atoms with Crippen molar-refractivity contribution in [2.24, 2.45) is 5.92 Å². The molecule has 6 heteroatoms. The number of hydrogen-bond donors (Lipinski definition) is 2. The molecule has 2 amide bonds. The number of carbonyl (C=O) groups excluding carboxylic acids is 1. The van der Waals surface area contributed by atoms with Crippen LogP contribution < -0.4 is 10.6 Å². The van der Waals surface area contributed by atoms with Gasteiger partial charge in [-0.15, -0.1) is 10.2 Å². The van der Waals surface area contributed by atoms with Crippen LogP contribution in [0.25, 0.3) is 5.65 Å². The number of nitrogens with one attached hydrogen (secondary N) is 2. The number of rotatable bonds is 3. The van der Waals surface area contributed by atoms with Crippen LogP contribution in [0.4, 0.5) is 10.7 Å². The second-order valence-electron chi connectivity index (χ2n) is 4.18. The smallest absolute Gasteiger partial charge is 0.321 e. The first-order valence-corrected chi connectivity index (χ1v) is 5.51. The van der Waals surface area contributed by atoms with E-state index in [0.29, 0.717) is 24.1 Å². The highest BCUT2D eigenvalue weighted by atomic mass is 16.2. The SMILES string of the molecule is CC(C)CNC(=O)Nc1nnc2ccccn12. The summed E-state index contributed by atoms with van der Waals surface area (Å²) in [4.78, 5) is 11.6. The van der Waals surface area contributed by atoms with Crippen LogP contribution in [-0.4, -0.2) is 27.2 Å². The lowest BCUT2D eigenvalue weighted by Crippen LogP contribution is -2.32. The van der Waals surface area contributed by atoms with E-state index in [2.05, 4.69) is 20.8 Å². The van der Waals surface area contributed by atoms with Crippen molar-refractivity contribution < 1.29 is 4.79 Å². The van der Waals surface area contributed by atoms with Crippen molar-refractivity contribution in [1.82, 2.24) is 19.9 Å². The Morgan fingerprint density at radius 1 is 1.41 bits per heavy atom. The number of anilines is 1. The number of nitrogens with zero attached hydrogens (tertiary/aromatic N) is 3. The van der Waals surface area contributed by atoms with Crippen LogP contribution in [0.15, 0.2) is 24.4 Å². The Hall–Kier alpha value is -2.11. The standard InChI is InChI=1S/C11H15N5O/c1-8(2)7-12-11(17)13-10-15-14-9-5-3-4-6-16(9)10/h3-6,8H,7H2,1-2H3,(H2,12,13,15,17). The van der Waals surface area contributed by atoms with Gasteiger partial charge in [-0.1, -0.05) is 19.9 Å². The Balaban J connectivity index is 2.06. The number of pyridine rings is 1. The van der Waals surface area contributed by atoms with Crippen molar-refractivity contribution >= 4 is 17.6 Å². The summed E-state index contributed by atoms with van der Waals surface area (Å²) in [5.41, 5.74) is 0.701. The highest BCUT2D eigenvalue weighted by Gasteiger charge is 2.08. The summed E-state index contributed by atoms with van der Waals surface area (Å²) in [6, 6.07) is 5.28. The van der Waals surface area contributed by atoms with Gasteiger partial charge in [-0.3, -0.25) is 9.72 Å². The van der Waals surface area contributed by atoms with Crippen LogP contribution in [0.3, 0.4) is 0 Å². The monoisotopic (exact) mass is 233 g/mol. The van der Waals surface area contributed by atoms with Crippen LogP contribution in [0.5, 0.6) is 0 Å². The third-order valence-corrected chi connectivity index (χ3v) is 2.21. The molecule has 0 fully saturated rings. The zero-order valence-corrected chi connectivity index (χ0v) is 9.84. The molecular formula is C11H15N5O. The van der Waals surface area contributed by atoms with E-state index in [1.54, 1.807) is 10.6 Å². The average molecular weight is 233 g/mol. The summed E-state index contributed by atoms with van der Waals surface area (Å²) in [6.45, 7) is 4.70. The Bertz CT molecular complexity index is 519. The lowest BCUT2D eigenvalue weighted by atomic mass is 10.2. The Labute approximate surface area is 99.0 Å². The molecule has 0 saturated carbocycles. The van der Waals surface area contributed by atoms with E-state index in [4.69, 9.17) is 0 Å². The summed E-state index contributed by atoms with van der Waals surface area (Å²) >= 11 is 0. The number of carbonyl (C=O) groups is 1. The van der Waals surface area contributed by atoms with Gasteiger partial charge in [0.05, 0.1) is 0 Å². The van der Waals surface area contributed by atoms with Crippen molar-refractivity contribution in [2.75, 3.05) is 11.9 Å². The maximum absolute atomic E-state index is 11.6. The van der Waals surface area contributed by atoms with E-state index in [-0.39, 0.29) is 6.03 Å². The summed E-state index contributed by atoms with van der Waals surface area (Å²) < 4.78 is 1.72. The third-order valence-electron chi connectivity index (χ3n) is 2.21. The van der Waals surface area contributed by atoms with E-state index in [0.717, 1.165) is 0 Å². The highest BCUT2D eigenvalue weighted by Crippen LogP contribution is 2.06. The molecule has 0 aromatic carbocycles. The normalized spacial score (nSPS) is 10.8. The molecule has 0 atom stereocenters. The lowest BCUT2D eigenvalue weighted by molar-refractivity contribution is 0.250. The molecule has 0 bridgehead atoms. The lowest BCUT2D eigenvalue weighted by Gasteiger charge is -2.07. The van der Waals surface area contributed by atoms with Gasteiger partial charge in [0.25, 0.3) is 0 Å². The fraction of sp³-hybridized carbons (Fsp3) is 0.364. The zero-order valence-electron chi connectivity index (χ0n) is 9.84. The molecule has 2 aromatic rings. The number of aromatic nitrogens is 3. The predicted molar refractivity (Wildman–Crippen MR) is 64.8 cm³/mol. The first-order valence-electron chi connectivity index (χ1n) is 5.51. The fourth-order valence-corrected chi connectivity index (χ4v) is 1.37. The Morgan fingerprint density at radius 2 is 2.24 bits per heavy atom. The molecule has 0 aliphatic heterocycles. The minimum atomic E-state index is -0.267. The van der Waals surface area contributed by atoms with Crippen molar-refractivity contribution in [3.05, 3.63) is 24.4 Å². The maximum atomic E-state index is 11.6. The van der Waals surface area contributed by atoms with Crippen molar-refractivity contribution in [2.45, 2.75) is 13.8 Å². The molecular weight excluding hydrogens is 218 g/mol. The summed E-state index contributed by atoms with van der Waals surface area (Å²) in [5.74, 6) is 0.831. The van der Waals surface area contributed by atoms with Gasteiger partial charge in [-0.2, -0.15) is 0 Å². The van der Waals surface area contributed by atoms with E-state index in [9.17, 15) is 4.79 Å². The van der Waals surface area contributed by atoms with Gasteiger partial charge in [0.1, 0.15) is 0 Å². The largest absolute Gasteiger partial charge is 0.338 e. The molecule has 0 aliphatic carbocycles. The Kier molecular flexibility index (Phi) is 3.22. The van der Waals surface area contributed by atoms with Gasteiger partial charge >= 0.3 is 6.03 Å². The van der Waals surface area contributed by atoms with Crippen molar-refractivity contribution in [1.29, 1.82) is 0 Å². The number of hydrogen-bond acceptors (Lipinski definition) is 3. The topological polar surface area (TPSA) is 71.3 Å². The zero-order chi connectivity index (χ0) is 12.3. The molecule has 0 radical (unpaired) electrons. The Morgan fingerprint density at radius 3 is 3.00 bits per heavy atom. The van der Waals surface area contributed by atoms with Crippen molar-refractivity contribution in [3.63, 3.8) is 0 Å². The molecule has 17 heavy (non-hydrogen) atoms. The van der Waals surface area contributed by atoms with Gasteiger partial charge in [-0.05, 0) is 18.1 Å². The third kappa shape index (κ3) is 2.72. The first-order chi connectivity index (χ1) is 8.16. The second-order valence-corrected chi connectivity index (χ2v) is 4.18. The van der Waals surface area contributed by atoms with Gasteiger partial charge in [0.2, 0.25) is 5.95 Å². The molecule has 90 valence electrons. The average Bonchev–Trinajstić information content (AvgIpc) is 2.70. The maximum Gasteiger partial charge on any atom is 0.321 e. The molecule has 0 saturated heterocycles. The summed E-state index contributed by atoms with van der Waals surface area (Å²) in [5, 5.41) is 13.3. The molecule has 0 aliphatic rings. The molecule has 2 aromatic heterocycles.